The molecule has 0 radical (unpaired) electrons. The van der Waals surface area contributed by atoms with E-state index in [1.807, 2.05) is 13.8 Å². The molecule has 0 spiro atoms. The highest BCUT2D eigenvalue weighted by Gasteiger charge is 2.33. The molecule has 102 valence electrons. The quantitative estimate of drug-likeness (QED) is 0.577. The first kappa shape index (κ1) is 16.0. The molecule has 1 aliphatic heterocycles. The van der Waals surface area contributed by atoms with Crippen molar-refractivity contribution in [3.8, 4) is 0 Å². The van der Waals surface area contributed by atoms with E-state index in [9.17, 15) is 9.59 Å². The Morgan fingerprint density at radius 2 is 2.11 bits per heavy atom. The van der Waals surface area contributed by atoms with Crippen LogP contribution in [0, 0.1) is 5.92 Å². The minimum atomic E-state index is -0.190. The maximum Gasteiger partial charge on any atom is 0.226 e. The van der Waals surface area contributed by atoms with Gasteiger partial charge in [-0.05, 0) is 26.7 Å². The Morgan fingerprint density at radius 3 is 2.67 bits per heavy atom. The van der Waals surface area contributed by atoms with Crippen molar-refractivity contribution in [1.82, 2.24) is 4.90 Å². The second-order valence-electron chi connectivity index (χ2n) is 4.56. The maximum absolute atomic E-state index is 12.3. The monoisotopic (exact) mass is 305 g/mol. The van der Waals surface area contributed by atoms with Gasteiger partial charge >= 0.3 is 0 Å². The van der Waals surface area contributed by atoms with E-state index in [2.05, 4.69) is 0 Å². The molecular weight excluding hydrogens is 286 g/mol. The number of nitrogens with zero attached hydrogens (tertiary/aromatic N) is 1. The lowest BCUT2D eigenvalue weighted by Crippen LogP contribution is -2.42. The average Bonchev–Trinajstić information content (AvgIpc) is 2.76. The topological polar surface area (TPSA) is 37.4 Å². The van der Waals surface area contributed by atoms with Crippen LogP contribution in [0.25, 0.3) is 0 Å². The summed E-state index contributed by atoms with van der Waals surface area (Å²) in [4.78, 5) is 25.5. The molecular formula is C12H19NO2S3. The van der Waals surface area contributed by atoms with Gasteiger partial charge in [0.1, 0.15) is 0 Å². The second-order valence-corrected chi connectivity index (χ2v) is 7.99. The number of likely N-dealkylation sites (tertiary alicyclic amines) is 1. The Balaban J connectivity index is 2.47. The minimum Gasteiger partial charge on any atom is -0.332 e. The number of hydrogen-bond acceptors (Lipinski definition) is 5. The summed E-state index contributed by atoms with van der Waals surface area (Å²) in [6.07, 6.45) is 1.75. The SMILES string of the molecule is CC(=O)C1CCCN1C(=O)C(C)CSSC(C)=S. The average molecular weight is 305 g/mol. The molecule has 0 aromatic carbocycles. The third-order valence-electron chi connectivity index (χ3n) is 2.92. The smallest absolute Gasteiger partial charge is 0.226 e. The molecule has 2 atom stereocenters. The Hall–Kier alpha value is -0.0700. The van der Waals surface area contributed by atoms with Crippen molar-refractivity contribution in [3.05, 3.63) is 0 Å². The van der Waals surface area contributed by atoms with Gasteiger partial charge in [0.05, 0.1) is 10.2 Å². The number of carbonyl (C=O) groups is 2. The number of rotatable bonds is 5. The number of ketones is 1. The molecule has 0 aliphatic carbocycles. The van der Waals surface area contributed by atoms with Gasteiger partial charge < -0.3 is 4.90 Å². The Kier molecular flexibility index (Phi) is 6.66. The fraction of sp³-hybridized carbons (Fsp3) is 0.750. The van der Waals surface area contributed by atoms with E-state index >= 15 is 0 Å². The van der Waals surface area contributed by atoms with Crippen molar-refractivity contribution >= 4 is 49.7 Å². The zero-order valence-corrected chi connectivity index (χ0v) is 13.4. The lowest BCUT2D eigenvalue weighted by Gasteiger charge is -2.25. The van der Waals surface area contributed by atoms with Gasteiger partial charge in [-0.25, -0.2) is 0 Å². The number of thiocarbonyl (C=S) groups is 1. The largest absolute Gasteiger partial charge is 0.332 e. The summed E-state index contributed by atoms with van der Waals surface area (Å²) >= 11 is 4.98. The first-order valence-electron chi connectivity index (χ1n) is 6.04. The highest BCUT2D eigenvalue weighted by Crippen LogP contribution is 2.27. The van der Waals surface area contributed by atoms with Gasteiger partial charge in [-0.15, -0.1) is 0 Å². The van der Waals surface area contributed by atoms with E-state index in [0.29, 0.717) is 0 Å². The third-order valence-corrected chi connectivity index (χ3v) is 5.99. The van der Waals surface area contributed by atoms with E-state index in [1.54, 1.807) is 22.6 Å². The van der Waals surface area contributed by atoms with E-state index in [0.717, 1.165) is 29.3 Å². The van der Waals surface area contributed by atoms with Crippen LogP contribution in [0.15, 0.2) is 0 Å². The van der Waals surface area contributed by atoms with Crippen molar-refractivity contribution in [2.75, 3.05) is 12.3 Å². The van der Waals surface area contributed by atoms with Crippen LogP contribution in [0.2, 0.25) is 0 Å². The summed E-state index contributed by atoms with van der Waals surface area (Å²) in [5.74, 6) is 0.878. The first-order valence-corrected chi connectivity index (χ1v) is 8.77. The van der Waals surface area contributed by atoms with Crippen molar-refractivity contribution < 1.29 is 9.59 Å². The molecule has 0 aromatic rings. The molecule has 2 unspecified atom stereocenters. The maximum atomic E-state index is 12.3. The van der Waals surface area contributed by atoms with Crippen LogP contribution in [0.1, 0.15) is 33.6 Å². The van der Waals surface area contributed by atoms with Crippen molar-refractivity contribution in [2.45, 2.75) is 39.7 Å². The van der Waals surface area contributed by atoms with E-state index < -0.39 is 0 Å². The highest BCUT2D eigenvalue weighted by atomic mass is 33.1. The third kappa shape index (κ3) is 4.55. The van der Waals surface area contributed by atoms with Gasteiger partial charge in [0.25, 0.3) is 0 Å². The molecule has 0 N–H and O–H groups in total. The number of amides is 1. The first-order chi connectivity index (χ1) is 8.43. The fourth-order valence-corrected chi connectivity index (χ4v) is 4.35. The van der Waals surface area contributed by atoms with Gasteiger partial charge in [0.15, 0.2) is 5.78 Å². The lowest BCUT2D eigenvalue weighted by molar-refractivity contribution is -0.139. The van der Waals surface area contributed by atoms with Gasteiger partial charge in [-0.1, -0.05) is 40.7 Å². The molecule has 0 saturated carbocycles. The van der Waals surface area contributed by atoms with Crippen LogP contribution in [-0.2, 0) is 9.59 Å². The highest BCUT2D eigenvalue weighted by molar-refractivity contribution is 8.83. The summed E-state index contributed by atoms with van der Waals surface area (Å²) in [5.41, 5.74) is 0. The minimum absolute atomic E-state index is 0.0585. The zero-order chi connectivity index (χ0) is 13.7. The van der Waals surface area contributed by atoms with Gasteiger partial charge in [-0.3, -0.25) is 9.59 Å². The van der Waals surface area contributed by atoms with Crippen molar-refractivity contribution in [1.29, 1.82) is 0 Å². The molecule has 1 rings (SSSR count). The number of carbonyl (C=O) groups excluding carboxylic acids is 2. The van der Waals surface area contributed by atoms with Gasteiger partial charge in [-0.2, -0.15) is 0 Å². The van der Waals surface area contributed by atoms with Gasteiger partial charge in [0, 0.05) is 18.2 Å². The standard InChI is InChI=1S/C12H19NO2S3/c1-8(7-17-18-10(3)16)12(15)13-6-4-5-11(13)9(2)14/h8,11H,4-7H2,1-3H3. The van der Waals surface area contributed by atoms with E-state index in [-0.39, 0.29) is 23.7 Å². The number of Topliss-reactive ketones (excluding diaryl/α,β-unsaturated/α-hetero) is 1. The summed E-state index contributed by atoms with van der Waals surface area (Å²) in [7, 11) is 3.15. The van der Waals surface area contributed by atoms with Crippen LogP contribution < -0.4 is 0 Å². The fourth-order valence-electron chi connectivity index (χ4n) is 2.03. The molecule has 18 heavy (non-hydrogen) atoms. The molecule has 1 fully saturated rings. The molecule has 1 saturated heterocycles. The van der Waals surface area contributed by atoms with E-state index in [4.69, 9.17) is 12.2 Å². The normalized spacial score (nSPS) is 20.8. The molecule has 1 aliphatic rings. The summed E-state index contributed by atoms with van der Waals surface area (Å²) < 4.78 is 0.877. The van der Waals surface area contributed by atoms with Crippen LogP contribution >= 0.6 is 33.8 Å². The summed E-state index contributed by atoms with van der Waals surface area (Å²) in [6, 6.07) is -0.190. The molecule has 6 heteroatoms. The number of hydrogen-bond donors (Lipinski definition) is 0. The van der Waals surface area contributed by atoms with Crippen LogP contribution in [0.5, 0.6) is 0 Å². The van der Waals surface area contributed by atoms with Gasteiger partial charge in [0.2, 0.25) is 5.91 Å². The predicted molar refractivity (Wildman–Crippen MR) is 82.9 cm³/mol. The summed E-state index contributed by atoms with van der Waals surface area (Å²) in [5, 5.41) is 0. The van der Waals surface area contributed by atoms with Crippen molar-refractivity contribution in [3.63, 3.8) is 0 Å². The second kappa shape index (κ2) is 7.50. The van der Waals surface area contributed by atoms with Crippen LogP contribution in [0.4, 0.5) is 0 Å². The lowest BCUT2D eigenvalue weighted by atomic mass is 10.1. The molecule has 1 heterocycles. The molecule has 0 bridgehead atoms. The Labute approximate surface area is 122 Å². The molecule has 0 aromatic heterocycles. The predicted octanol–water partition coefficient (Wildman–Crippen LogP) is 2.93. The summed E-state index contributed by atoms with van der Waals surface area (Å²) in [6.45, 7) is 6.09. The zero-order valence-electron chi connectivity index (χ0n) is 11.0. The molecule has 1 amide bonds. The van der Waals surface area contributed by atoms with Crippen LogP contribution in [-0.4, -0.2) is 39.1 Å². The van der Waals surface area contributed by atoms with Crippen LogP contribution in [0.3, 0.4) is 0 Å². The van der Waals surface area contributed by atoms with Crippen molar-refractivity contribution in [2.24, 2.45) is 5.92 Å². The Morgan fingerprint density at radius 1 is 1.44 bits per heavy atom. The molecule has 3 nitrogen and oxygen atoms in total. The Bertz CT molecular complexity index is 346. The van der Waals surface area contributed by atoms with E-state index in [1.165, 1.54) is 10.8 Å².